The first-order valence-corrected chi connectivity index (χ1v) is 11.3. The van der Waals surface area contributed by atoms with Crippen LogP contribution in [0.5, 0.6) is 0 Å². The normalized spacial score (nSPS) is 50.4. The van der Waals surface area contributed by atoms with Gasteiger partial charge in [-0.1, -0.05) is 20.8 Å². The number of carboxylic acids is 1. The summed E-state index contributed by atoms with van der Waals surface area (Å²) in [5.74, 6) is 2.01. The summed E-state index contributed by atoms with van der Waals surface area (Å²) in [5.41, 5.74) is -0.661. The fourth-order valence-corrected chi connectivity index (χ4v) is 8.79. The lowest BCUT2D eigenvalue weighted by atomic mass is 9.42. The van der Waals surface area contributed by atoms with Gasteiger partial charge < -0.3 is 5.11 Å². The molecule has 4 aliphatic carbocycles. The van der Waals surface area contributed by atoms with Gasteiger partial charge >= 0.3 is 5.97 Å². The Morgan fingerprint density at radius 2 is 1.75 bits per heavy atom. The first kappa shape index (κ1) is 20.1. The lowest BCUT2D eigenvalue weighted by Gasteiger charge is -2.62. The van der Waals surface area contributed by atoms with E-state index in [1.807, 2.05) is 0 Å². The van der Waals surface area contributed by atoms with Crippen LogP contribution in [-0.2, 0) is 14.4 Å². The van der Waals surface area contributed by atoms with Crippen molar-refractivity contribution in [2.45, 2.75) is 85.5 Å². The summed E-state index contributed by atoms with van der Waals surface area (Å²) < 4.78 is 0. The number of hydrogen-bond acceptors (Lipinski definition) is 3. The molecule has 156 valence electrons. The highest BCUT2D eigenvalue weighted by atomic mass is 16.4. The third kappa shape index (κ3) is 2.51. The molecule has 0 aliphatic heterocycles. The minimum Gasteiger partial charge on any atom is -0.481 e. The topological polar surface area (TPSA) is 71.4 Å². The molecule has 8 atom stereocenters. The minimum absolute atomic E-state index is 0.0157. The number of carbonyl (C=O) groups is 3. The first-order chi connectivity index (χ1) is 13.0. The molecule has 0 spiro atoms. The number of carbonyl (C=O) groups excluding carboxylic acids is 2. The average Bonchev–Trinajstić information content (AvgIpc) is 2.89. The maximum atomic E-state index is 12.8. The lowest BCUT2D eigenvalue weighted by Crippen LogP contribution is -2.57. The predicted octanol–water partition coefficient (Wildman–Crippen LogP) is 4.89. The second-order valence-electron chi connectivity index (χ2n) is 11.1. The van der Waals surface area contributed by atoms with Crippen molar-refractivity contribution in [1.29, 1.82) is 0 Å². The largest absolute Gasteiger partial charge is 0.481 e. The van der Waals surface area contributed by atoms with Gasteiger partial charge in [-0.2, -0.15) is 0 Å². The number of hydrogen-bond donors (Lipinski definition) is 1. The van der Waals surface area contributed by atoms with Crippen LogP contribution in [0.4, 0.5) is 0 Å². The molecule has 4 heteroatoms. The molecule has 4 aliphatic rings. The summed E-state index contributed by atoms with van der Waals surface area (Å²) in [6, 6.07) is 0. The number of ketones is 2. The van der Waals surface area contributed by atoms with Gasteiger partial charge in [-0.25, -0.2) is 0 Å². The summed E-state index contributed by atoms with van der Waals surface area (Å²) in [4.78, 5) is 36.8. The van der Waals surface area contributed by atoms with E-state index in [0.29, 0.717) is 29.5 Å². The van der Waals surface area contributed by atoms with E-state index in [1.165, 1.54) is 0 Å². The van der Waals surface area contributed by atoms with Crippen LogP contribution in [0.2, 0.25) is 0 Å². The standard InChI is InChI=1S/C24H36O4/c1-14-12-22(3)16(11-20(14)26)5-6-17-18(22)7-9-23(4)19(17)8-10-24(23,15(2)25)13-21(27)28/h14,16-19H,5-13H2,1-4H3,(H,27,28)/t14?,16-,17+,18-,19-,22-,23-,24-/m0/s1. The van der Waals surface area contributed by atoms with Crippen LogP contribution >= 0.6 is 0 Å². The van der Waals surface area contributed by atoms with Crippen molar-refractivity contribution in [1.82, 2.24) is 0 Å². The van der Waals surface area contributed by atoms with Gasteiger partial charge in [-0.05, 0) is 86.4 Å². The van der Waals surface area contributed by atoms with Gasteiger partial charge in [0, 0.05) is 17.8 Å². The molecular weight excluding hydrogens is 352 g/mol. The third-order valence-electron chi connectivity index (χ3n) is 10.3. The Kier molecular flexibility index (Phi) is 4.60. The highest BCUT2D eigenvalue weighted by Crippen LogP contribution is 2.71. The fraction of sp³-hybridized carbons (Fsp3) is 0.875. The summed E-state index contributed by atoms with van der Waals surface area (Å²) in [6.07, 6.45) is 7.76. The van der Waals surface area contributed by atoms with Crippen LogP contribution in [0.15, 0.2) is 0 Å². The predicted molar refractivity (Wildman–Crippen MR) is 107 cm³/mol. The molecule has 0 amide bonds. The smallest absolute Gasteiger partial charge is 0.304 e. The van der Waals surface area contributed by atoms with E-state index in [1.54, 1.807) is 6.92 Å². The molecule has 0 radical (unpaired) electrons. The number of rotatable bonds is 3. The minimum atomic E-state index is -0.838. The summed E-state index contributed by atoms with van der Waals surface area (Å²) in [5, 5.41) is 9.59. The maximum absolute atomic E-state index is 12.8. The van der Waals surface area contributed by atoms with Crippen molar-refractivity contribution < 1.29 is 19.5 Å². The van der Waals surface area contributed by atoms with Crippen molar-refractivity contribution in [3.8, 4) is 0 Å². The number of carboxylic acid groups (broad SMARTS) is 1. The van der Waals surface area contributed by atoms with Gasteiger partial charge in [0.2, 0.25) is 0 Å². The Bertz CT molecular complexity index is 713. The van der Waals surface area contributed by atoms with E-state index in [2.05, 4.69) is 20.8 Å². The quantitative estimate of drug-likeness (QED) is 0.747. The number of aliphatic carboxylic acids is 1. The second-order valence-corrected chi connectivity index (χ2v) is 11.1. The first-order valence-electron chi connectivity index (χ1n) is 11.3. The Labute approximate surface area is 168 Å². The van der Waals surface area contributed by atoms with E-state index < -0.39 is 11.4 Å². The van der Waals surface area contributed by atoms with Gasteiger partial charge in [0.05, 0.1) is 6.42 Å². The van der Waals surface area contributed by atoms with Crippen LogP contribution in [0.25, 0.3) is 0 Å². The van der Waals surface area contributed by atoms with Gasteiger partial charge in [-0.3, -0.25) is 14.4 Å². The molecule has 1 N–H and O–H groups in total. The fourth-order valence-electron chi connectivity index (χ4n) is 8.79. The molecule has 0 bridgehead atoms. The van der Waals surface area contributed by atoms with Crippen molar-refractivity contribution in [3.63, 3.8) is 0 Å². The van der Waals surface area contributed by atoms with Gasteiger partial charge in [-0.15, -0.1) is 0 Å². The highest BCUT2D eigenvalue weighted by Gasteiger charge is 2.66. The highest BCUT2D eigenvalue weighted by molar-refractivity contribution is 5.88. The van der Waals surface area contributed by atoms with Crippen LogP contribution in [0, 0.1) is 45.8 Å². The second kappa shape index (κ2) is 6.40. The molecule has 4 saturated carbocycles. The van der Waals surface area contributed by atoms with Gasteiger partial charge in [0.25, 0.3) is 0 Å². The maximum Gasteiger partial charge on any atom is 0.304 e. The zero-order chi connectivity index (χ0) is 20.5. The van der Waals surface area contributed by atoms with Gasteiger partial charge in [0.15, 0.2) is 0 Å². The summed E-state index contributed by atoms with van der Waals surface area (Å²) in [6.45, 7) is 8.38. The summed E-state index contributed by atoms with van der Waals surface area (Å²) in [7, 11) is 0. The van der Waals surface area contributed by atoms with E-state index in [-0.39, 0.29) is 29.0 Å². The zero-order valence-electron chi connectivity index (χ0n) is 17.9. The Hall–Kier alpha value is -1.19. The van der Waals surface area contributed by atoms with Crippen LogP contribution in [0.1, 0.15) is 85.5 Å². The number of Topliss-reactive ketones (excluding diaryl/α,β-unsaturated/α-hetero) is 2. The van der Waals surface area contributed by atoms with Crippen LogP contribution in [-0.4, -0.2) is 22.6 Å². The van der Waals surface area contributed by atoms with Crippen LogP contribution in [0.3, 0.4) is 0 Å². The Balaban J connectivity index is 1.67. The van der Waals surface area contributed by atoms with Gasteiger partial charge in [0.1, 0.15) is 11.6 Å². The van der Waals surface area contributed by atoms with E-state index in [4.69, 9.17) is 0 Å². The Morgan fingerprint density at radius 1 is 1.07 bits per heavy atom. The van der Waals surface area contributed by atoms with Crippen molar-refractivity contribution >= 4 is 17.5 Å². The molecule has 4 nitrogen and oxygen atoms in total. The monoisotopic (exact) mass is 388 g/mol. The average molecular weight is 389 g/mol. The van der Waals surface area contributed by atoms with Crippen molar-refractivity contribution in [3.05, 3.63) is 0 Å². The van der Waals surface area contributed by atoms with Crippen molar-refractivity contribution in [2.24, 2.45) is 45.8 Å². The SMILES string of the molecule is CC(=O)[C@@]1(CC(=O)O)CC[C@H]2[C@@H]3CC[C@H]4CC(=O)C(C)C[C@]4(C)[C@H]3CC[C@@]21C. The Morgan fingerprint density at radius 3 is 2.39 bits per heavy atom. The van der Waals surface area contributed by atoms with E-state index >= 15 is 0 Å². The molecule has 0 aromatic carbocycles. The molecule has 4 fully saturated rings. The zero-order valence-corrected chi connectivity index (χ0v) is 17.9. The van der Waals surface area contributed by atoms with E-state index in [0.717, 1.165) is 51.4 Å². The molecule has 0 saturated heterocycles. The molecule has 0 aromatic heterocycles. The molecule has 4 rings (SSSR count). The van der Waals surface area contributed by atoms with E-state index in [9.17, 15) is 19.5 Å². The molecule has 0 heterocycles. The molecular formula is C24H36O4. The summed E-state index contributed by atoms with van der Waals surface area (Å²) >= 11 is 0. The molecule has 28 heavy (non-hydrogen) atoms. The third-order valence-corrected chi connectivity index (χ3v) is 10.3. The molecule has 0 aromatic rings. The lowest BCUT2D eigenvalue weighted by molar-refractivity contribution is -0.162. The number of fused-ring (bicyclic) bond motifs is 5. The van der Waals surface area contributed by atoms with Crippen molar-refractivity contribution in [2.75, 3.05) is 0 Å². The molecule has 1 unspecified atom stereocenters. The van der Waals surface area contributed by atoms with Crippen LogP contribution < -0.4 is 0 Å².